The highest BCUT2D eigenvalue weighted by atomic mass is 16.7. The Morgan fingerprint density at radius 1 is 1.04 bits per heavy atom. The number of carbonyl (C=O) groups is 3. The molecular formula is C21H18N2O5. The SMILES string of the molecule is O=C(O)N(Cc1ccccc1)OC1CC=CC1N1C(=O)c2ccccc2C1=O. The van der Waals surface area contributed by atoms with E-state index in [2.05, 4.69) is 0 Å². The summed E-state index contributed by atoms with van der Waals surface area (Å²) >= 11 is 0. The fourth-order valence-electron chi connectivity index (χ4n) is 3.51. The summed E-state index contributed by atoms with van der Waals surface area (Å²) in [5, 5.41) is 10.4. The van der Waals surface area contributed by atoms with E-state index >= 15 is 0 Å². The molecule has 2 atom stereocenters. The predicted molar refractivity (Wildman–Crippen MR) is 99.4 cm³/mol. The van der Waals surface area contributed by atoms with Gasteiger partial charge in [-0.15, -0.1) is 0 Å². The molecule has 1 aliphatic heterocycles. The first-order chi connectivity index (χ1) is 13.6. The molecule has 2 aromatic rings. The van der Waals surface area contributed by atoms with Gasteiger partial charge in [0.2, 0.25) is 0 Å². The van der Waals surface area contributed by atoms with Crippen molar-refractivity contribution >= 4 is 17.9 Å². The van der Waals surface area contributed by atoms with Gasteiger partial charge in [-0.1, -0.05) is 54.6 Å². The number of amides is 3. The quantitative estimate of drug-likeness (QED) is 0.491. The molecule has 1 N–H and O–H groups in total. The second-order valence-electron chi connectivity index (χ2n) is 6.63. The summed E-state index contributed by atoms with van der Waals surface area (Å²) in [6, 6.07) is 15.0. The highest BCUT2D eigenvalue weighted by molar-refractivity contribution is 6.21. The Labute approximate surface area is 161 Å². The molecule has 7 heteroatoms. The molecule has 0 saturated carbocycles. The lowest BCUT2D eigenvalue weighted by Crippen LogP contribution is -2.47. The summed E-state index contributed by atoms with van der Waals surface area (Å²) in [5.74, 6) is -0.786. The largest absolute Gasteiger partial charge is 0.463 e. The maximum Gasteiger partial charge on any atom is 0.431 e. The van der Waals surface area contributed by atoms with Crippen LogP contribution in [0.3, 0.4) is 0 Å². The third-order valence-electron chi connectivity index (χ3n) is 4.85. The summed E-state index contributed by atoms with van der Waals surface area (Å²) in [7, 11) is 0. The van der Waals surface area contributed by atoms with Gasteiger partial charge in [0.1, 0.15) is 6.10 Å². The minimum absolute atomic E-state index is 0.0432. The first-order valence-corrected chi connectivity index (χ1v) is 8.91. The van der Waals surface area contributed by atoms with Gasteiger partial charge in [-0.25, -0.2) is 4.79 Å². The minimum Gasteiger partial charge on any atom is -0.463 e. The third-order valence-corrected chi connectivity index (χ3v) is 4.85. The van der Waals surface area contributed by atoms with Crippen LogP contribution >= 0.6 is 0 Å². The Bertz CT molecular complexity index is 921. The number of carboxylic acid groups (broad SMARTS) is 1. The number of fused-ring (bicyclic) bond motifs is 1. The smallest absolute Gasteiger partial charge is 0.431 e. The van der Waals surface area contributed by atoms with Crippen molar-refractivity contribution in [3.05, 3.63) is 83.4 Å². The molecule has 1 heterocycles. The van der Waals surface area contributed by atoms with Gasteiger partial charge in [0, 0.05) is 0 Å². The van der Waals surface area contributed by atoms with Crippen LogP contribution in [0, 0.1) is 0 Å². The monoisotopic (exact) mass is 378 g/mol. The number of carbonyl (C=O) groups excluding carboxylic acids is 2. The summed E-state index contributed by atoms with van der Waals surface area (Å²) in [6.45, 7) is 0.0432. The highest BCUT2D eigenvalue weighted by Crippen LogP contribution is 2.30. The molecule has 4 rings (SSSR count). The maximum atomic E-state index is 12.7. The fraction of sp³-hybridized carbons (Fsp3) is 0.190. The standard InChI is InChI=1S/C21H18N2O5/c24-19-15-9-4-5-10-16(15)20(25)23(19)17-11-6-12-18(17)28-22(21(26)27)13-14-7-2-1-3-8-14/h1-11,17-18H,12-13H2,(H,26,27). The number of hydroxylamine groups is 2. The van der Waals surface area contributed by atoms with Gasteiger partial charge in [0.25, 0.3) is 11.8 Å². The van der Waals surface area contributed by atoms with Crippen molar-refractivity contribution in [2.24, 2.45) is 0 Å². The van der Waals surface area contributed by atoms with Gasteiger partial charge in [-0.05, 0) is 24.1 Å². The van der Waals surface area contributed by atoms with Gasteiger partial charge in [-0.3, -0.25) is 19.3 Å². The Balaban J connectivity index is 1.53. The average molecular weight is 378 g/mol. The molecular weight excluding hydrogens is 360 g/mol. The third kappa shape index (κ3) is 3.16. The van der Waals surface area contributed by atoms with Crippen molar-refractivity contribution in [2.75, 3.05) is 0 Å². The topological polar surface area (TPSA) is 87.2 Å². The number of benzene rings is 2. The minimum atomic E-state index is -1.24. The Hall–Kier alpha value is -3.45. The van der Waals surface area contributed by atoms with Crippen LogP contribution in [-0.2, 0) is 11.4 Å². The second kappa shape index (κ2) is 7.28. The summed E-state index contributed by atoms with van der Waals surface area (Å²) in [4.78, 5) is 44.0. The van der Waals surface area contributed by atoms with Crippen molar-refractivity contribution < 1.29 is 24.3 Å². The molecule has 2 aromatic carbocycles. The molecule has 0 aromatic heterocycles. The van der Waals surface area contributed by atoms with Gasteiger partial charge in [-0.2, -0.15) is 5.06 Å². The lowest BCUT2D eigenvalue weighted by atomic mass is 10.1. The molecule has 2 unspecified atom stereocenters. The normalized spacial score (nSPS) is 20.5. The van der Waals surface area contributed by atoms with Crippen LogP contribution in [-0.4, -0.2) is 45.1 Å². The fourth-order valence-corrected chi connectivity index (χ4v) is 3.51. The van der Waals surface area contributed by atoms with E-state index in [0.717, 1.165) is 15.5 Å². The zero-order chi connectivity index (χ0) is 19.7. The van der Waals surface area contributed by atoms with Crippen molar-refractivity contribution in [3.63, 3.8) is 0 Å². The van der Waals surface area contributed by atoms with Crippen molar-refractivity contribution in [1.29, 1.82) is 0 Å². The van der Waals surface area contributed by atoms with Crippen molar-refractivity contribution in [2.45, 2.75) is 25.1 Å². The summed E-state index contributed by atoms with van der Waals surface area (Å²) in [5.41, 5.74) is 1.48. The number of rotatable bonds is 5. The maximum absolute atomic E-state index is 12.7. The molecule has 3 amide bonds. The number of imide groups is 1. The van der Waals surface area contributed by atoms with E-state index in [1.807, 2.05) is 18.2 Å². The zero-order valence-electron chi connectivity index (χ0n) is 14.9. The van der Waals surface area contributed by atoms with Crippen LogP contribution in [0.4, 0.5) is 4.79 Å². The van der Waals surface area contributed by atoms with Crippen LogP contribution in [0.25, 0.3) is 0 Å². The Kier molecular flexibility index (Phi) is 4.67. The van der Waals surface area contributed by atoms with E-state index in [1.165, 1.54) is 0 Å². The first-order valence-electron chi connectivity index (χ1n) is 8.91. The molecule has 0 fully saturated rings. The van der Waals surface area contributed by atoms with Gasteiger partial charge < -0.3 is 5.11 Å². The lowest BCUT2D eigenvalue weighted by molar-refractivity contribution is -0.182. The van der Waals surface area contributed by atoms with E-state index in [4.69, 9.17) is 4.84 Å². The van der Waals surface area contributed by atoms with Crippen LogP contribution < -0.4 is 0 Å². The second-order valence-corrected chi connectivity index (χ2v) is 6.63. The van der Waals surface area contributed by atoms with E-state index in [0.29, 0.717) is 17.5 Å². The highest BCUT2D eigenvalue weighted by Gasteiger charge is 2.44. The van der Waals surface area contributed by atoms with E-state index in [-0.39, 0.29) is 6.54 Å². The van der Waals surface area contributed by atoms with Crippen LogP contribution in [0.1, 0.15) is 32.7 Å². The molecule has 0 bridgehead atoms. The van der Waals surface area contributed by atoms with Crippen LogP contribution in [0.2, 0.25) is 0 Å². The lowest BCUT2D eigenvalue weighted by Gasteiger charge is -2.30. The Morgan fingerprint density at radius 2 is 1.64 bits per heavy atom. The van der Waals surface area contributed by atoms with Gasteiger partial charge in [0.15, 0.2) is 0 Å². The molecule has 0 radical (unpaired) electrons. The van der Waals surface area contributed by atoms with Crippen molar-refractivity contribution in [1.82, 2.24) is 9.96 Å². The van der Waals surface area contributed by atoms with Crippen molar-refractivity contribution in [3.8, 4) is 0 Å². The average Bonchev–Trinajstić information content (AvgIpc) is 3.25. The van der Waals surface area contributed by atoms with E-state index in [9.17, 15) is 19.5 Å². The molecule has 2 aliphatic rings. The van der Waals surface area contributed by atoms with Gasteiger partial charge >= 0.3 is 6.09 Å². The Morgan fingerprint density at radius 3 is 2.25 bits per heavy atom. The van der Waals surface area contributed by atoms with E-state index < -0.39 is 30.1 Å². The molecule has 0 spiro atoms. The number of hydrogen-bond donors (Lipinski definition) is 1. The summed E-state index contributed by atoms with van der Waals surface area (Å²) in [6.07, 6.45) is 2.01. The van der Waals surface area contributed by atoms with Gasteiger partial charge in [0.05, 0.1) is 23.7 Å². The molecule has 0 saturated heterocycles. The number of hydrogen-bond acceptors (Lipinski definition) is 4. The molecule has 142 valence electrons. The van der Waals surface area contributed by atoms with Crippen LogP contribution in [0.5, 0.6) is 0 Å². The molecule has 28 heavy (non-hydrogen) atoms. The van der Waals surface area contributed by atoms with Crippen LogP contribution in [0.15, 0.2) is 66.7 Å². The van der Waals surface area contributed by atoms with E-state index in [1.54, 1.807) is 48.6 Å². The zero-order valence-corrected chi connectivity index (χ0v) is 14.9. The molecule has 1 aliphatic carbocycles. The summed E-state index contributed by atoms with van der Waals surface area (Å²) < 4.78 is 0. The predicted octanol–water partition coefficient (Wildman–Crippen LogP) is 3.09. The number of nitrogens with zero attached hydrogens (tertiary/aromatic N) is 2. The first kappa shape index (κ1) is 17.9. The molecule has 7 nitrogen and oxygen atoms in total.